The van der Waals surface area contributed by atoms with Gasteiger partial charge in [-0.05, 0) is 67.5 Å². The van der Waals surface area contributed by atoms with Gasteiger partial charge in [0.25, 0.3) is 5.91 Å². The first-order chi connectivity index (χ1) is 12.7. The summed E-state index contributed by atoms with van der Waals surface area (Å²) in [6.07, 6.45) is 5.79. The summed E-state index contributed by atoms with van der Waals surface area (Å²) in [5.74, 6) is 0.339. The van der Waals surface area contributed by atoms with Gasteiger partial charge in [0.05, 0.1) is 11.7 Å². The molecule has 5 rings (SSSR count). The molecule has 3 aromatic rings. The maximum absolute atomic E-state index is 13.2. The summed E-state index contributed by atoms with van der Waals surface area (Å²) >= 11 is 0. The van der Waals surface area contributed by atoms with E-state index < -0.39 is 0 Å². The average Bonchev–Trinajstić information content (AvgIpc) is 3.23. The SMILES string of the molecule is O=C(c1ccc2[nH]ncc2c1)N1[C@@H]2CC[C@H]1C[C@@H](c1ccc(F)cc1)C2. The Kier molecular flexibility index (Phi) is 3.55. The van der Waals surface area contributed by atoms with Crippen LogP contribution in [-0.2, 0) is 0 Å². The molecule has 3 heterocycles. The number of amides is 1. The Morgan fingerprint density at radius 1 is 1.08 bits per heavy atom. The van der Waals surface area contributed by atoms with Gasteiger partial charge in [0, 0.05) is 23.0 Å². The van der Waals surface area contributed by atoms with Crippen LogP contribution in [-0.4, -0.2) is 33.1 Å². The topological polar surface area (TPSA) is 49.0 Å². The first kappa shape index (κ1) is 15.6. The Balaban J connectivity index is 1.39. The summed E-state index contributed by atoms with van der Waals surface area (Å²) in [5.41, 5.74) is 2.87. The minimum Gasteiger partial charge on any atom is -0.333 e. The minimum absolute atomic E-state index is 0.123. The van der Waals surface area contributed by atoms with E-state index in [2.05, 4.69) is 15.1 Å². The molecule has 26 heavy (non-hydrogen) atoms. The Hall–Kier alpha value is -2.69. The van der Waals surface area contributed by atoms with Gasteiger partial charge in [-0.15, -0.1) is 0 Å². The quantitative estimate of drug-likeness (QED) is 0.752. The molecule has 5 heteroatoms. The van der Waals surface area contributed by atoms with Crippen molar-refractivity contribution in [3.63, 3.8) is 0 Å². The van der Waals surface area contributed by atoms with Gasteiger partial charge in [-0.3, -0.25) is 9.89 Å². The third kappa shape index (κ3) is 2.50. The fourth-order valence-electron chi connectivity index (χ4n) is 4.74. The normalized spacial score (nSPS) is 25.0. The predicted molar refractivity (Wildman–Crippen MR) is 97.4 cm³/mol. The van der Waals surface area contributed by atoms with Gasteiger partial charge in [-0.1, -0.05) is 12.1 Å². The van der Waals surface area contributed by atoms with E-state index in [1.165, 1.54) is 17.7 Å². The van der Waals surface area contributed by atoms with Crippen LogP contribution in [0.4, 0.5) is 4.39 Å². The molecule has 2 bridgehead atoms. The van der Waals surface area contributed by atoms with Crippen LogP contribution in [0.5, 0.6) is 0 Å². The summed E-state index contributed by atoms with van der Waals surface area (Å²) in [6.45, 7) is 0. The number of nitrogens with zero attached hydrogens (tertiary/aromatic N) is 2. The molecule has 1 N–H and O–H groups in total. The number of benzene rings is 2. The zero-order chi connectivity index (χ0) is 17.7. The molecule has 3 atom stereocenters. The number of piperidine rings is 1. The number of carbonyl (C=O) groups excluding carboxylic acids is 1. The molecule has 4 nitrogen and oxygen atoms in total. The molecule has 0 unspecified atom stereocenters. The van der Waals surface area contributed by atoms with Crippen LogP contribution in [0.1, 0.15) is 47.5 Å². The summed E-state index contributed by atoms with van der Waals surface area (Å²) in [6, 6.07) is 13.1. The van der Waals surface area contributed by atoms with Crippen LogP contribution in [0.25, 0.3) is 10.9 Å². The number of nitrogens with one attached hydrogen (secondary N) is 1. The number of aromatic amines is 1. The molecule has 2 aromatic carbocycles. The van der Waals surface area contributed by atoms with Gasteiger partial charge in [-0.25, -0.2) is 4.39 Å². The highest BCUT2D eigenvalue weighted by molar-refractivity contribution is 5.98. The number of halogens is 1. The van der Waals surface area contributed by atoms with Crippen molar-refractivity contribution in [3.8, 4) is 0 Å². The number of hydrogen-bond acceptors (Lipinski definition) is 2. The number of H-pyrrole nitrogens is 1. The van der Waals surface area contributed by atoms with E-state index in [4.69, 9.17) is 0 Å². The highest BCUT2D eigenvalue weighted by Gasteiger charge is 2.43. The molecule has 2 saturated heterocycles. The largest absolute Gasteiger partial charge is 0.333 e. The highest BCUT2D eigenvalue weighted by Crippen LogP contribution is 2.43. The van der Waals surface area contributed by atoms with E-state index >= 15 is 0 Å². The monoisotopic (exact) mass is 349 g/mol. The van der Waals surface area contributed by atoms with Crippen LogP contribution in [0.3, 0.4) is 0 Å². The fourth-order valence-corrected chi connectivity index (χ4v) is 4.74. The number of aromatic nitrogens is 2. The first-order valence-corrected chi connectivity index (χ1v) is 9.20. The minimum atomic E-state index is -0.195. The van der Waals surface area contributed by atoms with E-state index in [0.717, 1.165) is 42.1 Å². The molecule has 1 aromatic heterocycles. The van der Waals surface area contributed by atoms with E-state index in [1.807, 2.05) is 30.3 Å². The smallest absolute Gasteiger partial charge is 0.254 e. The van der Waals surface area contributed by atoms with Crippen LogP contribution in [0, 0.1) is 5.82 Å². The van der Waals surface area contributed by atoms with Crippen LogP contribution < -0.4 is 0 Å². The molecular formula is C21H20FN3O. The predicted octanol–water partition coefficient (Wildman–Crippen LogP) is 4.25. The van der Waals surface area contributed by atoms with Crippen LogP contribution in [0.2, 0.25) is 0 Å². The van der Waals surface area contributed by atoms with Crippen molar-refractivity contribution in [2.24, 2.45) is 0 Å². The second kappa shape index (κ2) is 5.94. The first-order valence-electron chi connectivity index (χ1n) is 9.20. The second-order valence-electron chi connectivity index (χ2n) is 7.49. The molecule has 0 radical (unpaired) electrons. The molecule has 132 valence electrons. The third-order valence-electron chi connectivity index (χ3n) is 6.00. The average molecular weight is 349 g/mol. The van der Waals surface area contributed by atoms with E-state index in [9.17, 15) is 9.18 Å². The lowest BCUT2D eigenvalue weighted by molar-refractivity contribution is 0.0571. The summed E-state index contributed by atoms with van der Waals surface area (Å²) < 4.78 is 13.2. The number of fused-ring (bicyclic) bond motifs is 3. The van der Waals surface area contributed by atoms with Crippen molar-refractivity contribution >= 4 is 16.8 Å². The maximum Gasteiger partial charge on any atom is 0.254 e. The van der Waals surface area contributed by atoms with Crippen molar-refractivity contribution in [2.45, 2.75) is 43.7 Å². The van der Waals surface area contributed by atoms with E-state index in [0.29, 0.717) is 5.92 Å². The maximum atomic E-state index is 13.2. The molecule has 2 aliphatic rings. The Morgan fingerprint density at radius 3 is 2.54 bits per heavy atom. The summed E-state index contributed by atoms with van der Waals surface area (Å²) in [7, 11) is 0. The molecule has 0 aliphatic carbocycles. The van der Waals surface area contributed by atoms with Gasteiger partial charge < -0.3 is 4.90 Å². The van der Waals surface area contributed by atoms with Gasteiger partial charge in [0.1, 0.15) is 5.82 Å². The number of rotatable bonds is 2. The Bertz CT molecular complexity index is 951. The van der Waals surface area contributed by atoms with Crippen molar-refractivity contribution < 1.29 is 9.18 Å². The third-order valence-corrected chi connectivity index (χ3v) is 6.00. The highest BCUT2D eigenvalue weighted by atomic mass is 19.1. The van der Waals surface area contributed by atoms with E-state index in [1.54, 1.807) is 6.20 Å². The Labute approximate surface area is 151 Å². The van der Waals surface area contributed by atoms with Crippen molar-refractivity contribution in [3.05, 3.63) is 65.6 Å². The van der Waals surface area contributed by atoms with Crippen molar-refractivity contribution in [1.82, 2.24) is 15.1 Å². The standard InChI is InChI=1S/C21H20FN3O/c22-17-4-1-13(2-5-17)15-10-18-6-7-19(11-15)25(18)21(26)14-3-8-20-16(9-14)12-23-24-20/h1-5,8-9,12,15,18-19H,6-7,10-11H2,(H,23,24)/t15-,18+,19-. The van der Waals surface area contributed by atoms with Crippen LogP contribution >= 0.6 is 0 Å². The summed E-state index contributed by atoms with van der Waals surface area (Å²) in [4.78, 5) is 15.3. The fraction of sp³-hybridized carbons (Fsp3) is 0.333. The van der Waals surface area contributed by atoms with Crippen molar-refractivity contribution in [2.75, 3.05) is 0 Å². The molecule has 2 fully saturated rings. The Morgan fingerprint density at radius 2 is 1.81 bits per heavy atom. The van der Waals surface area contributed by atoms with Gasteiger partial charge in [0.15, 0.2) is 0 Å². The lowest BCUT2D eigenvalue weighted by Gasteiger charge is -2.39. The van der Waals surface area contributed by atoms with Crippen molar-refractivity contribution in [1.29, 1.82) is 0 Å². The van der Waals surface area contributed by atoms with Gasteiger partial charge >= 0.3 is 0 Å². The lowest BCUT2D eigenvalue weighted by atomic mass is 9.85. The molecule has 2 aliphatic heterocycles. The summed E-state index contributed by atoms with van der Waals surface area (Å²) in [5, 5.41) is 7.91. The number of hydrogen-bond donors (Lipinski definition) is 1. The zero-order valence-electron chi connectivity index (χ0n) is 14.4. The van der Waals surface area contributed by atoms with Crippen LogP contribution in [0.15, 0.2) is 48.7 Å². The molecule has 1 amide bonds. The van der Waals surface area contributed by atoms with E-state index in [-0.39, 0.29) is 23.8 Å². The van der Waals surface area contributed by atoms with Gasteiger partial charge in [0.2, 0.25) is 0 Å². The number of carbonyl (C=O) groups is 1. The second-order valence-corrected chi connectivity index (χ2v) is 7.49. The lowest BCUT2D eigenvalue weighted by Crippen LogP contribution is -2.46. The van der Waals surface area contributed by atoms with Gasteiger partial charge in [-0.2, -0.15) is 5.10 Å². The zero-order valence-corrected chi connectivity index (χ0v) is 14.4. The molecular weight excluding hydrogens is 329 g/mol. The molecule has 0 spiro atoms. The molecule has 0 saturated carbocycles.